The van der Waals surface area contributed by atoms with Crippen LogP contribution in [-0.4, -0.2) is 70.8 Å². The van der Waals surface area contributed by atoms with Crippen LogP contribution in [0.2, 0.25) is 0 Å². The zero-order valence-electron chi connectivity index (χ0n) is 21.2. The van der Waals surface area contributed by atoms with E-state index in [0.717, 1.165) is 12.8 Å². The lowest BCUT2D eigenvalue weighted by Crippen LogP contribution is -2.50. The van der Waals surface area contributed by atoms with Gasteiger partial charge in [-0.15, -0.1) is 0 Å². The first-order chi connectivity index (χ1) is 14.3. The van der Waals surface area contributed by atoms with E-state index in [1.807, 2.05) is 55.4 Å². The molecule has 2 rings (SSSR count). The van der Waals surface area contributed by atoms with Crippen LogP contribution >= 0.6 is 0 Å². The molecule has 0 spiro atoms. The second-order valence-electron chi connectivity index (χ2n) is 11.5. The minimum Gasteiger partial charge on any atom is -0.444 e. The number of carbonyl (C=O) groups is 3. The molecule has 0 aromatic carbocycles. The lowest BCUT2D eigenvalue weighted by Gasteiger charge is -2.37. The number of rotatable bonds is 1. The van der Waals surface area contributed by atoms with Crippen molar-refractivity contribution in [1.82, 2.24) is 9.80 Å². The molecule has 0 bridgehead atoms. The van der Waals surface area contributed by atoms with Crippen LogP contribution in [-0.2, 0) is 14.3 Å². The average molecular weight is 457 g/mol. The minimum atomic E-state index is -0.488. The largest absolute Gasteiger partial charge is 0.444 e. The second kappa shape index (κ2) is 10.3. The molecule has 9 nitrogen and oxygen atoms in total. The standard InChI is InChI=1S/C12H22N2O3.C11H22N2O2/c1-11(2,3)17-10(16)14-7-5-12(4,6-8-14)9(13)15;1-10(2,3)15-9(14)13-7-5-11(4,12)6-8-13/h5-8H2,1-4H3,(H2,13,15);5-8,12H2,1-4H3. The van der Waals surface area contributed by atoms with E-state index in [4.69, 9.17) is 20.9 Å². The quantitative estimate of drug-likeness (QED) is 0.623. The summed E-state index contributed by atoms with van der Waals surface area (Å²) in [6.45, 7) is 17.5. The molecule has 2 aliphatic heterocycles. The Labute approximate surface area is 193 Å². The predicted molar refractivity (Wildman–Crippen MR) is 124 cm³/mol. The molecule has 2 heterocycles. The maximum atomic E-state index is 11.8. The summed E-state index contributed by atoms with van der Waals surface area (Å²) in [7, 11) is 0. The zero-order chi connectivity index (χ0) is 25.0. The highest BCUT2D eigenvalue weighted by atomic mass is 16.6. The summed E-state index contributed by atoms with van der Waals surface area (Å²) in [5, 5.41) is 0. The maximum absolute atomic E-state index is 11.8. The molecule has 0 unspecified atom stereocenters. The van der Waals surface area contributed by atoms with Crippen LogP contribution in [0.4, 0.5) is 9.59 Å². The number of amides is 3. The fourth-order valence-electron chi connectivity index (χ4n) is 3.28. The van der Waals surface area contributed by atoms with Gasteiger partial charge in [0.2, 0.25) is 5.91 Å². The van der Waals surface area contributed by atoms with Gasteiger partial charge in [-0.25, -0.2) is 9.59 Å². The van der Waals surface area contributed by atoms with Gasteiger partial charge in [0.05, 0.1) is 0 Å². The van der Waals surface area contributed by atoms with Gasteiger partial charge >= 0.3 is 12.2 Å². The molecule has 0 atom stereocenters. The van der Waals surface area contributed by atoms with Gasteiger partial charge in [-0.2, -0.15) is 0 Å². The third-order valence-corrected chi connectivity index (χ3v) is 5.67. The number of hydrogen-bond donors (Lipinski definition) is 2. The highest BCUT2D eigenvalue weighted by Gasteiger charge is 2.37. The molecular formula is C23H44N4O5. The van der Waals surface area contributed by atoms with Gasteiger partial charge in [-0.3, -0.25) is 4.79 Å². The highest BCUT2D eigenvalue weighted by Crippen LogP contribution is 2.31. The Balaban J connectivity index is 0.000000323. The van der Waals surface area contributed by atoms with Gasteiger partial charge in [0.1, 0.15) is 11.2 Å². The van der Waals surface area contributed by atoms with Crippen LogP contribution in [0, 0.1) is 5.41 Å². The number of piperidine rings is 2. The number of nitrogens with two attached hydrogens (primary N) is 2. The van der Waals surface area contributed by atoms with Crippen molar-refractivity contribution < 1.29 is 23.9 Å². The highest BCUT2D eigenvalue weighted by molar-refractivity contribution is 5.81. The Morgan fingerprint density at radius 3 is 1.31 bits per heavy atom. The topological polar surface area (TPSA) is 128 Å². The van der Waals surface area contributed by atoms with Gasteiger partial charge in [0.15, 0.2) is 0 Å². The van der Waals surface area contributed by atoms with Crippen molar-refractivity contribution in [3.8, 4) is 0 Å². The first-order valence-corrected chi connectivity index (χ1v) is 11.4. The first kappa shape index (κ1) is 28.0. The van der Waals surface area contributed by atoms with Crippen LogP contribution in [0.25, 0.3) is 0 Å². The van der Waals surface area contributed by atoms with Crippen molar-refractivity contribution in [1.29, 1.82) is 0 Å². The third kappa shape index (κ3) is 9.63. The summed E-state index contributed by atoms with van der Waals surface area (Å²) < 4.78 is 10.6. The number of ether oxygens (including phenoxy) is 2. The lowest BCUT2D eigenvalue weighted by atomic mass is 9.80. The smallest absolute Gasteiger partial charge is 0.410 e. The fourth-order valence-corrected chi connectivity index (χ4v) is 3.28. The van der Waals surface area contributed by atoms with Crippen LogP contribution in [0.1, 0.15) is 81.1 Å². The summed E-state index contributed by atoms with van der Waals surface area (Å²) in [6, 6.07) is 0. The molecule has 2 fully saturated rings. The van der Waals surface area contributed by atoms with E-state index >= 15 is 0 Å². The molecule has 2 saturated heterocycles. The number of hydrogen-bond acceptors (Lipinski definition) is 6. The summed E-state index contributed by atoms with van der Waals surface area (Å²) in [5.74, 6) is -0.290. The van der Waals surface area contributed by atoms with Gasteiger partial charge < -0.3 is 30.7 Å². The van der Waals surface area contributed by atoms with E-state index in [2.05, 4.69) is 0 Å². The molecule has 0 aliphatic carbocycles. The number of carbonyl (C=O) groups excluding carboxylic acids is 3. The van der Waals surface area contributed by atoms with E-state index in [1.165, 1.54) is 0 Å². The molecule has 3 amide bonds. The lowest BCUT2D eigenvalue weighted by molar-refractivity contribution is -0.129. The molecule has 9 heteroatoms. The van der Waals surface area contributed by atoms with Gasteiger partial charge in [0, 0.05) is 37.1 Å². The van der Waals surface area contributed by atoms with Crippen LogP contribution in [0.5, 0.6) is 0 Å². The predicted octanol–water partition coefficient (Wildman–Crippen LogP) is 3.24. The second-order valence-corrected chi connectivity index (χ2v) is 11.5. The average Bonchev–Trinajstić information content (AvgIpc) is 2.59. The Morgan fingerprint density at radius 2 is 1.03 bits per heavy atom. The van der Waals surface area contributed by atoms with Crippen molar-refractivity contribution in [2.75, 3.05) is 26.2 Å². The van der Waals surface area contributed by atoms with E-state index < -0.39 is 16.6 Å². The van der Waals surface area contributed by atoms with Gasteiger partial charge in [-0.1, -0.05) is 6.92 Å². The molecular weight excluding hydrogens is 412 g/mol. The Kier molecular flexibility index (Phi) is 8.99. The Bertz CT molecular complexity index is 661. The van der Waals surface area contributed by atoms with Crippen LogP contribution in [0.15, 0.2) is 0 Å². The van der Waals surface area contributed by atoms with Crippen LogP contribution in [0.3, 0.4) is 0 Å². The van der Waals surface area contributed by atoms with E-state index in [9.17, 15) is 14.4 Å². The minimum absolute atomic E-state index is 0.126. The van der Waals surface area contributed by atoms with Crippen molar-refractivity contribution >= 4 is 18.1 Å². The third-order valence-electron chi connectivity index (χ3n) is 5.67. The monoisotopic (exact) mass is 456 g/mol. The van der Waals surface area contributed by atoms with Gasteiger partial charge in [-0.05, 0) is 74.1 Å². The zero-order valence-corrected chi connectivity index (χ0v) is 21.2. The molecule has 0 aromatic rings. The van der Waals surface area contributed by atoms with E-state index in [1.54, 1.807) is 9.80 Å². The van der Waals surface area contributed by atoms with Crippen molar-refractivity contribution in [3.63, 3.8) is 0 Å². The van der Waals surface area contributed by atoms with Crippen molar-refractivity contribution in [3.05, 3.63) is 0 Å². The van der Waals surface area contributed by atoms with Gasteiger partial charge in [0.25, 0.3) is 0 Å². The maximum Gasteiger partial charge on any atom is 0.410 e. The summed E-state index contributed by atoms with van der Waals surface area (Å²) in [4.78, 5) is 38.1. The molecule has 0 aromatic heterocycles. The fraction of sp³-hybridized carbons (Fsp3) is 0.870. The first-order valence-electron chi connectivity index (χ1n) is 11.4. The molecule has 4 N–H and O–H groups in total. The normalized spacial score (nSPS) is 20.5. The summed E-state index contributed by atoms with van der Waals surface area (Å²) in [5.41, 5.74) is 9.82. The van der Waals surface area contributed by atoms with Crippen molar-refractivity contribution in [2.45, 2.75) is 97.8 Å². The molecule has 0 saturated carbocycles. The van der Waals surface area contributed by atoms with E-state index in [-0.39, 0.29) is 23.6 Å². The van der Waals surface area contributed by atoms with E-state index in [0.29, 0.717) is 39.0 Å². The summed E-state index contributed by atoms with van der Waals surface area (Å²) >= 11 is 0. The summed E-state index contributed by atoms with van der Waals surface area (Å²) in [6.07, 6.45) is 2.34. The Hall–Kier alpha value is -2.03. The molecule has 2 aliphatic rings. The van der Waals surface area contributed by atoms with Crippen LogP contribution < -0.4 is 11.5 Å². The molecule has 32 heavy (non-hydrogen) atoms. The molecule has 186 valence electrons. The molecule has 0 radical (unpaired) electrons. The number of likely N-dealkylation sites (tertiary alicyclic amines) is 2. The van der Waals surface area contributed by atoms with Crippen molar-refractivity contribution in [2.24, 2.45) is 16.9 Å². The Morgan fingerprint density at radius 1 is 0.719 bits per heavy atom. The number of primary amides is 1. The number of nitrogens with zero attached hydrogens (tertiary/aromatic N) is 2. The SMILES string of the molecule is CC(C)(C)OC(=O)N1CCC(C)(C(N)=O)CC1.CC1(N)CCN(C(=O)OC(C)(C)C)CC1.